The molecule has 0 spiro atoms. The van der Waals surface area contributed by atoms with Gasteiger partial charge in [-0.2, -0.15) is 0 Å². The van der Waals surface area contributed by atoms with Crippen LogP contribution in [0.4, 0.5) is 0 Å². The van der Waals surface area contributed by atoms with E-state index in [-0.39, 0.29) is 11.7 Å². The summed E-state index contributed by atoms with van der Waals surface area (Å²) >= 11 is 0. The summed E-state index contributed by atoms with van der Waals surface area (Å²) in [6.45, 7) is 1.68. The molecule has 2 saturated heterocycles. The Morgan fingerprint density at radius 1 is 0.955 bits per heavy atom. The minimum Gasteiger partial charge on any atom is -0.378 e. The number of aliphatic hydroxyl groups is 1. The number of hydrogen-bond donors (Lipinski definition) is 1. The van der Waals surface area contributed by atoms with Gasteiger partial charge < -0.3 is 5.11 Å². The fourth-order valence-corrected chi connectivity index (χ4v) is 3.99. The summed E-state index contributed by atoms with van der Waals surface area (Å²) in [5, 5.41) is 11.7. The van der Waals surface area contributed by atoms with Gasteiger partial charge in [0.2, 0.25) is 0 Å². The lowest BCUT2D eigenvalue weighted by Crippen LogP contribution is -2.53. The normalized spacial score (nSPS) is 27.3. The van der Waals surface area contributed by atoms with Gasteiger partial charge >= 0.3 is 0 Å². The van der Waals surface area contributed by atoms with Crippen LogP contribution in [0.1, 0.15) is 17.5 Å². The van der Waals surface area contributed by atoms with E-state index < -0.39 is 11.6 Å². The zero-order valence-electron chi connectivity index (χ0n) is 12.4. The molecule has 2 aliphatic rings. The molecule has 3 nitrogen and oxygen atoms in total. The maximum atomic E-state index is 12.8. The first kappa shape index (κ1) is 13.7. The first-order valence-corrected chi connectivity index (χ1v) is 7.82. The topological polar surface area (TPSA) is 40.5 Å². The molecular weight excluding hydrogens is 274 g/mol. The minimum absolute atomic E-state index is 0.0870. The van der Waals surface area contributed by atoms with Gasteiger partial charge in [-0.15, -0.1) is 0 Å². The lowest BCUT2D eigenvalue weighted by molar-refractivity contribution is -0.131. The Kier molecular flexibility index (Phi) is 3.13. The van der Waals surface area contributed by atoms with Gasteiger partial charge in [0, 0.05) is 12.5 Å². The average Bonchev–Trinajstić information content (AvgIpc) is 3.17. The minimum atomic E-state index is -1.28. The zero-order chi connectivity index (χ0) is 15.2. The molecule has 0 saturated carbocycles. The summed E-state index contributed by atoms with van der Waals surface area (Å²) in [7, 11) is 0. The van der Waals surface area contributed by atoms with E-state index in [0.717, 1.165) is 30.6 Å². The van der Waals surface area contributed by atoms with E-state index in [1.54, 1.807) is 0 Å². The first-order chi connectivity index (χ1) is 10.7. The summed E-state index contributed by atoms with van der Waals surface area (Å²) in [6.07, 6.45) is 0.926. The molecule has 0 amide bonds. The van der Waals surface area contributed by atoms with Crippen LogP contribution >= 0.6 is 0 Å². The molecule has 3 heteroatoms. The Labute approximate surface area is 130 Å². The number of nitrogens with zero attached hydrogens (tertiary/aromatic N) is 1. The number of carbonyl (C=O) groups excluding carboxylic acids is 1. The molecule has 2 aromatic rings. The lowest BCUT2D eigenvalue weighted by Gasteiger charge is -2.39. The third kappa shape index (κ3) is 1.86. The van der Waals surface area contributed by atoms with Gasteiger partial charge in [-0.1, -0.05) is 60.7 Å². The van der Waals surface area contributed by atoms with Crippen LogP contribution < -0.4 is 0 Å². The Balaban J connectivity index is 1.88. The third-order valence-electron chi connectivity index (χ3n) is 5.08. The Morgan fingerprint density at radius 2 is 1.50 bits per heavy atom. The highest BCUT2D eigenvalue weighted by Gasteiger charge is 2.56. The second-order valence-electron chi connectivity index (χ2n) is 6.28. The second kappa shape index (κ2) is 5.04. The van der Waals surface area contributed by atoms with Gasteiger partial charge in [0.25, 0.3) is 0 Å². The van der Waals surface area contributed by atoms with Crippen LogP contribution in [0.2, 0.25) is 0 Å². The number of ketones is 1. The monoisotopic (exact) mass is 293 g/mol. The molecule has 22 heavy (non-hydrogen) atoms. The molecule has 2 aliphatic heterocycles. The smallest absolute Gasteiger partial charge is 0.158 e. The fourth-order valence-electron chi connectivity index (χ4n) is 3.99. The molecule has 4 rings (SSSR count). The SMILES string of the molecule is O=C1C2CCN(C2)C1C(O)(c1ccccc1)c1ccccc1. The summed E-state index contributed by atoms with van der Waals surface area (Å²) in [5.74, 6) is 0.269. The summed E-state index contributed by atoms with van der Waals surface area (Å²) in [5.41, 5.74) is 0.286. The van der Waals surface area contributed by atoms with Crippen molar-refractivity contribution in [1.82, 2.24) is 4.90 Å². The number of Topliss-reactive ketones (excluding diaryl/α,β-unsaturated/α-hetero) is 1. The van der Waals surface area contributed by atoms with Gasteiger partial charge in [0.1, 0.15) is 11.6 Å². The van der Waals surface area contributed by atoms with Crippen molar-refractivity contribution >= 4 is 5.78 Å². The van der Waals surface area contributed by atoms with Gasteiger partial charge in [-0.3, -0.25) is 9.69 Å². The molecule has 0 aromatic heterocycles. The van der Waals surface area contributed by atoms with Crippen LogP contribution in [0.15, 0.2) is 60.7 Å². The average molecular weight is 293 g/mol. The molecule has 0 aliphatic carbocycles. The molecule has 2 fully saturated rings. The molecule has 0 radical (unpaired) electrons. The Bertz CT molecular complexity index is 644. The highest BCUT2D eigenvalue weighted by atomic mass is 16.3. The number of hydrogen-bond acceptors (Lipinski definition) is 3. The highest BCUT2D eigenvalue weighted by molar-refractivity contribution is 5.91. The van der Waals surface area contributed by atoms with Crippen LogP contribution in [-0.2, 0) is 10.4 Å². The van der Waals surface area contributed by atoms with E-state index in [2.05, 4.69) is 4.90 Å². The number of carbonyl (C=O) groups is 1. The van der Waals surface area contributed by atoms with Gasteiger partial charge in [0.15, 0.2) is 5.78 Å². The third-order valence-corrected chi connectivity index (χ3v) is 5.08. The van der Waals surface area contributed by atoms with Crippen molar-refractivity contribution in [1.29, 1.82) is 0 Å². The van der Waals surface area contributed by atoms with Crippen LogP contribution in [-0.4, -0.2) is 34.9 Å². The van der Waals surface area contributed by atoms with Crippen molar-refractivity contribution < 1.29 is 9.90 Å². The van der Waals surface area contributed by atoms with Crippen LogP contribution in [0.3, 0.4) is 0 Å². The predicted molar refractivity (Wildman–Crippen MR) is 84.4 cm³/mol. The van der Waals surface area contributed by atoms with Crippen LogP contribution in [0, 0.1) is 5.92 Å². The number of fused-ring (bicyclic) bond motifs is 2. The van der Waals surface area contributed by atoms with Gasteiger partial charge in [-0.25, -0.2) is 0 Å². The van der Waals surface area contributed by atoms with Crippen molar-refractivity contribution in [3.8, 4) is 0 Å². The van der Waals surface area contributed by atoms with Crippen molar-refractivity contribution in [3.63, 3.8) is 0 Å². The van der Waals surface area contributed by atoms with Crippen molar-refractivity contribution in [3.05, 3.63) is 71.8 Å². The van der Waals surface area contributed by atoms with Crippen LogP contribution in [0.25, 0.3) is 0 Å². The standard InChI is InChI=1S/C19H19NO2/c21-17-14-11-12-20(13-14)18(17)19(22,15-7-3-1-4-8-15)16-9-5-2-6-10-16/h1-10,14,18,22H,11-13H2. The summed E-state index contributed by atoms with van der Waals surface area (Å²) < 4.78 is 0. The van der Waals surface area contributed by atoms with Gasteiger partial charge in [0.05, 0.1) is 0 Å². The highest BCUT2D eigenvalue weighted by Crippen LogP contribution is 2.43. The molecular formula is C19H19NO2. The Hall–Kier alpha value is -1.97. The van der Waals surface area contributed by atoms with Crippen molar-refractivity contribution in [2.45, 2.75) is 18.1 Å². The van der Waals surface area contributed by atoms with E-state index in [0.29, 0.717) is 0 Å². The second-order valence-corrected chi connectivity index (χ2v) is 6.28. The predicted octanol–water partition coefficient (Wildman–Crippen LogP) is 2.20. The molecule has 3 atom stereocenters. The van der Waals surface area contributed by atoms with E-state index in [1.165, 1.54) is 0 Å². The lowest BCUT2D eigenvalue weighted by atomic mass is 9.76. The largest absolute Gasteiger partial charge is 0.378 e. The maximum Gasteiger partial charge on any atom is 0.158 e. The fraction of sp³-hybridized carbons (Fsp3) is 0.316. The number of piperidine rings is 1. The first-order valence-electron chi connectivity index (χ1n) is 7.82. The zero-order valence-corrected chi connectivity index (χ0v) is 12.4. The van der Waals surface area contributed by atoms with Crippen molar-refractivity contribution in [2.24, 2.45) is 5.92 Å². The van der Waals surface area contributed by atoms with Crippen LogP contribution in [0.5, 0.6) is 0 Å². The molecule has 2 bridgehead atoms. The van der Waals surface area contributed by atoms with E-state index >= 15 is 0 Å². The molecule has 112 valence electrons. The molecule has 3 unspecified atom stereocenters. The number of rotatable bonds is 3. The summed E-state index contributed by atoms with van der Waals surface area (Å²) in [6, 6.07) is 18.7. The quantitative estimate of drug-likeness (QED) is 0.943. The summed E-state index contributed by atoms with van der Waals surface area (Å²) in [4.78, 5) is 14.9. The molecule has 2 heterocycles. The van der Waals surface area contributed by atoms with E-state index in [1.807, 2.05) is 60.7 Å². The van der Waals surface area contributed by atoms with Gasteiger partial charge in [-0.05, 0) is 24.1 Å². The maximum absolute atomic E-state index is 12.8. The number of benzene rings is 2. The van der Waals surface area contributed by atoms with E-state index in [9.17, 15) is 9.90 Å². The molecule has 2 aromatic carbocycles. The van der Waals surface area contributed by atoms with E-state index in [4.69, 9.17) is 0 Å². The molecule has 1 N–H and O–H groups in total. The van der Waals surface area contributed by atoms with Crippen molar-refractivity contribution in [2.75, 3.05) is 13.1 Å². The Morgan fingerprint density at radius 3 is 1.95 bits per heavy atom.